The van der Waals surface area contributed by atoms with Crippen molar-refractivity contribution in [2.45, 2.75) is 166 Å². The zero-order valence-electron chi connectivity index (χ0n) is 46.3. The molecule has 0 spiro atoms. The van der Waals surface area contributed by atoms with E-state index in [2.05, 4.69) is 26.6 Å². The normalized spacial score (nSPS) is 13.5. The van der Waals surface area contributed by atoms with E-state index in [0.29, 0.717) is 25.1 Å². The number of amides is 6. The summed E-state index contributed by atoms with van der Waals surface area (Å²) >= 11 is 0. The average molecular weight is 1190 g/mol. The molecule has 82 heavy (non-hydrogen) atoms. The topological polar surface area (TPSA) is 404 Å². The summed E-state index contributed by atoms with van der Waals surface area (Å²) in [5.74, 6) is -11.6. The summed E-state index contributed by atoms with van der Waals surface area (Å²) < 4.78 is 0. The first-order chi connectivity index (χ1) is 39.1. The van der Waals surface area contributed by atoms with Crippen LogP contribution in [0.3, 0.4) is 0 Å². The van der Waals surface area contributed by atoms with E-state index in [1.54, 1.807) is 30.3 Å². The van der Waals surface area contributed by atoms with Gasteiger partial charge in [-0.15, -0.1) is 0 Å². The van der Waals surface area contributed by atoms with Crippen LogP contribution in [-0.2, 0) is 65.6 Å². The molecule has 2 rings (SSSR count). The van der Waals surface area contributed by atoms with Gasteiger partial charge in [0.1, 0.15) is 18.1 Å². The highest BCUT2D eigenvalue weighted by atomic mass is 33.1. The Morgan fingerprint density at radius 1 is 0.476 bits per heavy atom. The van der Waals surface area contributed by atoms with Crippen LogP contribution in [0, 0.1) is 11.8 Å². The molecule has 0 aromatic heterocycles. The van der Waals surface area contributed by atoms with Crippen LogP contribution in [0.15, 0.2) is 60.7 Å². The molecule has 0 fully saturated rings. The fraction of sp³-hybridized carbons (Fsp3) is 0.571. The molecule has 2 aromatic rings. The maximum Gasteiger partial charge on any atom is 0.326 e. The Morgan fingerprint density at radius 2 is 0.988 bits per heavy atom. The van der Waals surface area contributed by atoms with Gasteiger partial charge in [-0.1, -0.05) is 141 Å². The van der Waals surface area contributed by atoms with Crippen LogP contribution in [0.5, 0.6) is 0 Å². The third-order valence-electron chi connectivity index (χ3n) is 13.0. The van der Waals surface area contributed by atoms with Crippen molar-refractivity contribution in [1.82, 2.24) is 31.9 Å². The number of unbranched alkanes of at least 4 members (excludes halogenated alkanes) is 9. The van der Waals surface area contributed by atoms with Gasteiger partial charge in [0.2, 0.25) is 23.6 Å². The van der Waals surface area contributed by atoms with E-state index >= 15 is 0 Å². The maximum absolute atomic E-state index is 14.2. The molecule has 24 nitrogen and oxygen atoms in total. The predicted molar refractivity (Wildman–Crippen MR) is 306 cm³/mol. The molecule has 0 unspecified atom stereocenters. The number of hydrogen-bond donors (Lipinski definition) is 12. The fourth-order valence-corrected chi connectivity index (χ4v) is 10.4. The molecule has 0 aliphatic rings. The van der Waals surface area contributed by atoms with Gasteiger partial charge in [-0.25, -0.2) is 14.4 Å². The monoisotopic (exact) mass is 1190 g/mol. The minimum Gasteiger partial charge on any atom is -0.481 e. The second-order valence-corrected chi connectivity index (χ2v) is 22.6. The van der Waals surface area contributed by atoms with E-state index in [1.807, 2.05) is 42.6 Å². The number of carbonyl (C=O) groups excluding carboxylic acids is 7. The molecule has 0 saturated heterocycles. The summed E-state index contributed by atoms with van der Waals surface area (Å²) in [6, 6.07) is 9.88. The first-order valence-corrected chi connectivity index (χ1v) is 30.0. The second kappa shape index (κ2) is 41.0. The van der Waals surface area contributed by atoms with Crippen molar-refractivity contribution >= 4 is 92.7 Å². The number of Topliss-reactive ketones (excluding diaryl/α,β-unsaturated/α-hetero) is 2. The molecule has 0 aliphatic carbocycles. The Bertz CT molecular complexity index is 2390. The van der Waals surface area contributed by atoms with Crippen molar-refractivity contribution in [3.8, 4) is 0 Å². The SMILES string of the molecule is CCSSC[C@@H](CC(=O)[C@H](CC(=O)O)NC(=O)[C@@H](N)CNC(=O)[C@@H](CC(=O)[C@H](Cc1ccccc1)NC(=O)CCCCCCCCCCCCNC(=O)CC[C@H](NC(=O)N[C@@H](CCC(=O)O)C(=O)O)C(=O)O)Cc1ccccc1)C(=O)O. The molecular formula is C56H81N7O17S2. The van der Waals surface area contributed by atoms with Crippen LogP contribution >= 0.6 is 21.6 Å². The number of rotatable bonds is 46. The lowest BCUT2D eigenvalue weighted by Crippen LogP contribution is -2.53. The highest BCUT2D eigenvalue weighted by Crippen LogP contribution is 2.26. The summed E-state index contributed by atoms with van der Waals surface area (Å²) in [4.78, 5) is 150. The quantitative estimate of drug-likeness (QED) is 0.0325. The first-order valence-electron chi connectivity index (χ1n) is 27.6. The second-order valence-electron chi connectivity index (χ2n) is 19.8. The molecule has 454 valence electrons. The zero-order valence-corrected chi connectivity index (χ0v) is 47.9. The molecule has 6 amide bonds. The Balaban J connectivity index is 1.85. The minimum atomic E-state index is -1.58. The predicted octanol–water partition coefficient (Wildman–Crippen LogP) is 4.25. The highest BCUT2D eigenvalue weighted by molar-refractivity contribution is 8.76. The average Bonchev–Trinajstić information content (AvgIpc) is 3.45. The van der Waals surface area contributed by atoms with Crippen molar-refractivity contribution in [2.24, 2.45) is 17.6 Å². The Labute approximate surface area is 485 Å². The number of carboxylic acid groups (broad SMARTS) is 5. The summed E-state index contributed by atoms with van der Waals surface area (Å²) in [5.41, 5.74) is 7.66. The largest absolute Gasteiger partial charge is 0.481 e. The molecule has 2 aromatic carbocycles. The van der Waals surface area contributed by atoms with Crippen LogP contribution in [0.25, 0.3) is 0 Å². The molecular weight excluding hydrogens is 1110 g/mol. The van der Waals surface area contributed by atoms with Crippen molar-refractivity contribution in [3.05, 3.63) is 71.8 Å². The third-order valence-corrected chi connectivity index (χ3v) is 15.6. The lowest BCUT2D eigenvalue weighted by Gasteiger charge is -2.23. The van der Waals surface area contributed by atoms with Gasteiger partial charge in [0, 0.05) is 62.6 Å². The van der Waals surface area contributed by atoms with Gasteiger partial charge < -0.3 is 63.2 Å². The van der Waals surface area contributed by atoms with Crippen molar-refractivity contribution in [1.29, 1.82) is 0 Å². The van der Waals surface area contributed by atoms with Gasteiger partial charge >= 0.3 is 35.9 Å². The molecule has 0 radical (unpaired) electrons. The molecule has 0 bridgehead atoms. The summed E-state index contributed by atoms with van der Waals surface area (Å²) in [6.07, 6.45) is 6.16. The van der Waals surface area contributed by atoms with Gasteiger partial charge in [0.15, 0.2) is 11.6 Å². The zero-order chi connectivity index (χ0) is 60.8. The minimum absolute atomic E-state index is 0.0839. The summed E-state index contributed by atoms with van der Waals surface area (Å²) in [7, 11) is 2.66. The van der Waals surface area contributed by atoms with E-state index < -0.39 is 139 Å². The van der Waals surface area contributed by atoms with Crippen LogP contribution in [0.4, 0.5) is 4.79 Å². The van der Waals surface area contributed by atoms with E-state index in [4.69, 9.17) is 10.8 Å². The van der Waals surface area contributed by atoms with Crippen LogP contribution in [0.2, 0.25) is 0 Å². The van der Waals surface area contributed by atoms with Gasteiger partial charge in [0.05, 0.1) is 24.4 Å². The molecule has 13 N–H and O–H groups in total. The van der Waals surface area contributed by atoms with E-state index in [1.165, 1.54) is 21.6 Å². The Kier molecular flexibility index (Phi) is 35.5. The number of urea groups is 1. The number of benzene rings is 2. The molecule has 26 heteroatoms. The van der Waals surface area contributed by atoms with E-state index in [0.717, 1.165) is 62.5 Å². The smallest absolute Gasteiger partial charge is 0.326 e. The lowest BCUT2D eigenvalue weighted by molar-refractivity contribution is -0.144. The maximum atomic E-state index is 14.2. The van der Waals surface area contributed by atoms with Gasteiger partial charge in [-0.2, -0.15) is 0 Å². The number of nitrogens with one attached hydrogen (secondary N) is 6. The third kappa shape index (κ3) is 31.8. The van der Waals surface area contributed by atoms with Gasteiger partial charge in [0.25, 0.3) is 0 Å². The number of nitrogens with two attached hydrogens (primary N) is 1. The van der Waals surface area contributed by atoms with E-state index in [9.17, 15) is 78.0 Å². The Morgan fingerprint density at radius 3 is 1.51 bits per heavy atom. The van der Waals surface area contributed by atoms with E-state index in [-0.39, 0.29) is 50.2 Å². The highest BCUT2D eigenvalue weighted by Gasteiger charge is 2.33. The van der Waals surface area contributed by atoms with Crippen LogP contribution in [-0.4, -0.2) is 151 Å². The fourth-order valence-electron chi connectivity index (χ4n) is 8.42. The first kappa shape index (κ1) is 71.0. The number of carbonyl (C=O) groups is 12. The van der Waals surface area contributed by atoms with Gasteiger partial charge in [-0.3, -0.25) is 43.2 Å². The number of hydrogen-bond acceptors (Lipinski definition) is 15. The Hall–Kier alpha value is -7.06. The van der Waals surface area contributed by atoms with Crippen LogP contribution in [0.1, 0.15) is 134 Å². The summed E-state index contributed by atoms with van der Waals surface area (Å²) in [5, 5.41) is 61.3. The van der Waals surface area contributed by atoms with Crippen molar-refractivity contribution in [2.75, 3.05) is 24.6 Å². The molecule has 7 atom stereocenters. The van der Waals surface area contributed by atoms with Crippen LogP contribution < -0.4 is 37.6 Å². The van der Waals surface area contributed by atoms with Crippen molar-refractivity contribution in [3.63, 3.8) is 0 Å². The summed E-state index contributed by atoms with van der Waals surface area (Å²) in [6.45, 7) is 1.81. The standard InChI is InChI=1S/C56H81N7O17S2/c1-2-81-82-35-39(53(74)75)32-46(65)44(33-50(70)71)61-52(73)40(57)34-59-51(72)38(29-36-19-13-11-14-20-36)31-45(64)43(30-37-21-15-12-16-22-37)60-48(67)23-17-9-7-5-3-4-6-8-10-18-28-58-47(66)26-24-41(54(76)77)62-56(80)63-42(55(78)79)25-27-49(68)69/h11-16,19-22,38-44H,2-10,17-18,23-35,57H2,1H3,(H,58,66)(H,59,72)(H,60,67)(H,61,73)(H,68,69)(H,70,71)(H,74,75)(H,76,77)(H,78,79)(H2,62,63,80)/t38-,39-,40+,41+,42+,43+,44+/m1/s1. The lowest BCUT2D eigenvalue weighted by atomic mass is 9.89. The molecule has 0 saturated carbocycles. The number of ketones is 2. The number of carboxylic acids is 5. The van der Waals surface area contributed by atoms with Gasteiger partial charge in [-0.05, 0) is 49.7 Å². The molecule has 0 aliphatic heterocycles. The number of aliphatic carboxylic acids is 5. The van der Waals surface area contributed by atoms with Crippen molar-refractivity contribution < 1.29 is 83.1 Å². The molecule has 0 heterocycles.